The van der Waals surface area contributed by atoms with Gasteiger partial charge in [0.15, 0.2) is 0 Å². The van der Waals surface area contributed by atoms with Crippen molar-refractivity contribution >= 4 is 22.6 Å². The normalized spacial score (nSPS) is 14.8. The molecule has 0 bridgehead atoms. The summed E-state index contributed by atoms with van der Waals surface area (Å²) in [6, 6.07) is 14.6. The van der Waals surface area contributed by atoms with E-state index < -0.39 is 0 Å². The number of para-hydroxylation sites is 1. The first kappa shape index (κ1) is 12.9. The lowest BCUT2D eigenvalue weighted by Gasteiger charge is -2.19. The van der Waals surface area contributed by atoms with Crippen LogP contribution in [0.4, 0.5) is 0 Å². The Labute approximate surface area is 126 Å². The molecule has 3 rings (SSSR count). The van der Waals surface area contributed by atoms with Crippen LogP contribution in [0.1, 0.15) is 22.7 Å². The molecule has 3 N–H and O–H groups in total. The number of nitrogens with one attached hydrogen (secondary N) is 1. The van der Waals surface area contributed by atoms with Crippen LogP contribution in [0.3, 0.4) is 0 Å². The summed E-state index contributed by atoms with van der Waals surface area (Å²) in [6.45, 7) is 0.760. The summed E-state index contributed by atoms with van der Waals surface area (Å²) in [7, 11) is 0. The van der Waals surface area contributed by atoms with Gasteiger partial charge in [-0.05, 0) is 45.9 Å². The second-order valence-corrected chi connectivity index (χ2v) is 5.83. The minimum absolute atomic E-state index is 0.0391. The fraction of sp³-hybridized carbons (Fsp3) is 0.200. The Hall–Kier alpha value is -1.11. The molecule has 0 saturated carbocycles. The summed E-state index contributed by atoms with van der Waals surface area (Å²) < 4.78 is 6.96. The molecule has 3 nitrogen and oxygen atoms in total. The van der Waals surface area contributed by atoms with Gasteiger partial charge in [-0.15, -0.1) is 0 Å². The standard InChI is InChI=1S/C15H15IN2O/c16-12-5-1-4-11(9-12)14(18-17)13-6-2-3-10-7-8-19-15(10)13/h1-6,9,14,18H,7-8,17H2. The molecule has 1 atom stereocenters. The Morgan fingerprint density at radius 1 is 1.21 bits per heavy atom. The molecular formula is C15H15IN2O. The number of fused-ring (bicyclic) bond motifs is 1. The van der Waals surface area contributed by atoms with E-state index in [-0.39, 0.29) is 6.04 Å². The first-order chi connectivity index (χ1) is 9.29. The number of halogens is 1. The number of hydrazine groups is 1. The second-order valence-electron chi connectivity index (χ2n) is 4.59. The largest absolute Gasteiger partial charge is 0.493 e. The number of benzene rings is 2. The predicted molar refractivity (Wildman–Crippen MR) is 84.0 cm³/mol. The van der Waals surface area contributed by atoms with Gasteiger partial charge in [0.05, 0.1) is 12.6 Å². The molecule has 0 amide bonds. The topological polar surface area (TPSA) is 47.3 Å². The Bertz CT molecular complexity index is 600. The van der Waals surface area contributed by atoms with Crippen molar-refractivity contribution in [2.24, 2.45) is 5.84 Å². The molecule has 1 unspecified atom stereocenters. The molecule has 0 fully saturated rings. The van der Waals surface area contributed by atoms with Crippen molar-refractivity contribution in [2.75, 3.05) is 6.61 Å². The Morgan fingerprint density at radius 3 is 2.84 bits per heavy atom. The number of ether oxygens (including phenoxy) is 1. The minimum atomic E-state index is -0.0391. The Balaban J connectivity index is 2.06. The number of hydrogen-bond donors (Lipinski definition) is 2. The maximum absolute atomic E-state index is 5.77. The monoisotopic (exact) mass is 366 g/mol. The molecule has 98 valence electrons. The third-order valence-electron chi connectivity index (χ3n) is 3.40. The molecule has 2 aromatic rings. The van der Waals surface area contributed by atoms with Crippen LogP contribution in [0.5, 0.6) is 5.75 Å². The molecule has 0 aromatic heterocycles. The highest BCUT2D eigenvalue weighted by molar-refractivity contribution is 14.1. The molecular weight excluding hydrogens is 351 g/mol. The van der Waals surface area contributed by atoms with Gasteiger partial charge >= 0.3 is 0 Å². The molecule has 4 heteroatoms. The van der Waals surface area contributed by atoms with Crippen molar-refractivity contribution in [1.29, 1.82) is 0 Å². The average molecular weight is 366 g/mol. The van der Waals surface area contributed by atoms with E-state index in [0.29, 0.717) is 0 Å². The average Bonchev–Trinajstić information content (AvgIpc) is 2.89. The van der Waals surface area contributed by atoms with Crippen LogP contribution in [-0.4, -0.2) is 6.61 Å². The van der Waals surface area contributed by atoms with Crippen molar-refractivity contribution in [3.63, 3.8) is 0 Å². The molecule has 0 radical (unpaired) electrons. The van der Waals surface area contributed by atoms with Crippen molar-refractivity contribution < 1.29 is 4.74 Å². The van der Waals surface area contributed by atoms with Crippen molar-refractivity contribution in [3.05, 3.63) is 62.7 Å². The number of hydrogen-bond acceptors (Lipinski definition) is 3. The molecule has 0 aliphatic carbocycles. The quantitative estimate of drug-likeness (QED) is 0.499. The van der Waals surface area contributed by atoms with E-state index in [4.69, 9.17) is 10.6 Å². The summed E-state index contributed by atoms with van der Waals surface area (Å²) in [4.78, 5) is 0. The van der Waals surface area contributed by atoms with E-state index in [0.717, 1.165) is 29.9 Å². The summed E-state index contributed by atoms with van der Waals surface area (Å²) in [5.41, 5.74) is 6.44. The van der Waals surface area contributed by atoms with E-state index in [9.17, 15) is 0 Å². The number of nitrogens with two attached hydrogens (primary N) is 1. The van der Waals surface area contributed by atoms with Crippen LogP contribution in [-0.2, 0) is 6.42 Å². The van der Waals surface area contributed by atoms with Crippen molar-refractivity contribution in [1.82, 2.24) is 5.43 Å². The van der Waals surface area contributed by atoms with Crippen LogP contribution < -0.4 is 16.0 Å². The zero-order valence-corrected chi connectivity index (χ0v) is 12.6. The van der Waals surface area contributed by atoms with Crippen LogP contribution in [0.25, 0.3) is 0 Å². The van der Waals surface area contributed by atoms with Gasteiger partial charge in [-0.2, -0.15) is 0 Å². The molecule has 1 aliphatic rings. The van der Waals surface area contributed by atoms with Crippen molar-refractivity contribution in [2.45, 2.75) is 12.5 Å². The van der Waals surface area contributed by atoms with Gasteiger partial charge in [0.1, 0.15) is 5.75 Å². The highest BCUT2D eigenvalue weighted by atomic mass is 127. The maximum Gasteiger partial charge on any atom is 0.127 e. The van der Waals surface area contributed by atoms with Gasteiger partial charge in [-0.1, -0.05) is 30.3 Å². The third-order valence-corrected chi connectivity index (χ3v) is 4.08. The SMILES string of the molecule is NNC(c1cccc(I)c1)c1cccc2c1OCC2. The van der Waals surface area contributed by atoms with Gasteiger partial charge in [0.2, 0.25) is 0 Å². The van der Waals surface area contributed by atoms with E-state index in [1.807, 2.05) is 6.07 Å². The molecule has 1 aliphatic heterocycles. The smallest absolute Gasteiger partial charge is 0.127 e. The predicted octanol–water partition coefficient (Wildman–Crippen LogP) is 2.78. The van der Waals surface area contributed by atoms with Crippen LogP contribution in [0, 0.1) is 3.57 Å². The van der Waals surface area contributed by atoms with E-state index in [2.05, 4.69) is 64.4 Å². The summed E-state index contributed by atoms with van der Waals surface area (Å²) in [5, 5.41) is 0. The third kappa shape index (κ3) is 2.48. The first-order valence-corrected chi connectivity index (χ1v) is 7.33. The van der Waals surface area contributed by atoms with Crippen LogP contribution in [0.2, 0.25) is 0 Å². The first-order valence-electron chi connectivity index (χ1n) is 6.26. The molecule has 0 spiro atoms. The van der Waals surface area contributed by atoms with E-state index >= 15 is 0 Å². The highest BCUT2D eigenvalue weighted by Crippen LogP contribution is 2.36. The van der Waals surface area contributed by atoms with E-state index in [1.165, 1.54) is 9.13 Å². The highest BCUT2D eigenvalue weighted by Gasteiger charge is 2.22. The van der Waals surface area contributed by atoms with Gasteiger partial charge in [0, 0.05) is 15.6 Å². The van der Waals surface area contributed by atoms with E-state index in [1.54, 1.807) is 0 Å². The number of rotatable bonds is 3. The minimum Gasteiger partial charge on any atom is -0.493 e. The van der Waals surface area contributed by atoms with Gasteiger partial charge < -0.3 is 4.74 Å². The Morgan fingerprint density at radius 2 is 2.05 bits per heavy atom. The van der Waals surface area contributed by atoms with Gasteiger partial charge in [-0.3, -0.25) is 5.84 Å². The van der Waals surface area contributed by atoms with Crippen molar-refractivity contribution in [3.8, 4) is 5.75 Å². The summed E-state index contributed by atoms with van der Waals surface area (Å²) >= 11 is 2.31. The second kappa shape index (κ2) is 5.48. The lowest BCUT2D eigenvalue weighted by atomic mass is 9.96. The van der Waals surface area contributed by atoms with Gasteiger partial charge in [0.25, 0.3) is 0 Å². The molecule has 1 heterocycles. The van der Waals surface area contributed by atoms with Gasteiger partial charge in [-0.25, -0.2) is 5.43 Å². The Kier molecular flexibility index (Phi) is 3.72. The lowest BCUT2D eigenvalue weighted by molar-refractivity contribution is 0.350. The zero-order chi connectivity index (χ0) is 13.2. The molecule has 19 heavy (non-hydrogen) atoms. The zero-order valence-electron chi connectivity index (χ0n) is 10.4. The fourth-order valence-corrected chi connectivity index (χ4v) is 3.09. The van der Waals surface area contributed by atoms with Crippen LogP contribution >= 0.6 is 22.6 Å². The summed E-state index contributed by atoms with van der Waals surface area (Å²) in [5.74, 6) is 6.76. The lowest BCUT2D eigenvalue weighted by Crippen LogP contribution is -2.29. The fourth-order valence-electron chi connectivity index (χ4n) is 2.52. The summed E-state index contributed by atoms with van der Waals surface area (Å²) in [6.07, 6.45) is 0.979. The van der Waals surface area contributed by atoms with Crippen LogP contribution in [0.15, 0.2) is 42.5 Å². The maximum atomic E-state index is 5.77. The molecule has 2 aromatic carbocycles. The molecule has 0 saturated heterocycles.